The number of rotatable bonds is 12. The highest BCUT2D eigenvalue weighted by Crippen LogP contribution is 2.31. The third-order valence-electron chi connectivity index (χ3n) is 6.22. The zero-order valence-corrected chi connectivity index (χ0v) is 22.1. The van der Waals surface area contributed by atoms with Crippen LogP contribution in [0, 0.1) is 0 Å². The summed E-state index contributed by atoms with van der Waals surface area (Å²) in [5.41, 5.74) is 14.7. The van der Waals surface area contributed by atoms with Gasteiger partial charge in [-0.1, -0.05) is 60.7 Å². The quantitative estimate of drug-likeness (QED) is 0.199. The number of hydrogen-bond donors (Lipinski definition) is 4. The van der Waals surface area contributed by atoms with Gasteiger partial charge in [-0.25, -0.2) is 9.78 Å². The summed E-state index contributed by atoms with van der Waals surface area (Å²) in [5, 5.41) is 5.54. The minimum atomic E-state index is -0.820. The fraction of sp³-hybridized carbons (Fsp3) is 0.241. The molecule has 0 fully saturated rings. The van der Waals surface area contributed by atoms with Gasteiger partial charge >= 0.3 is 6.09 Å². The van der Waals surface area contributed by atoms with Crippen LogP contribution in [-0.4, -0.2) is 47.2 Å². The van der Waals surface area contributed by atoms with Crippen LogP contribution in [0.15, 0.2) is 72.8 Å². The lowest BCUT2D eigenvalue weighted by Gasteiger charge is -2.15. The summed E-state index contributed by atoms with van der Waals surface area (Å²) in [6, 6.07) is 21.1. The number of aryl methyl sites for hydroxylation is 1. The number of nitrogens with zero attached hydrogens (tertiary/aromatic N) is 2. The Labute approximate surface area is 231 Å². The van der Waals surface area contributed by atoms with Crippen molar-refractivity contribution in [3.63, 3.8) is 0 Å². The van der Waals surface area contributed by atoms with Crippen LogP contribution < -0.4 is 26.8 Å². The van der Waals surface area contributed by atoms with Crippen LogP contribution in [0.2, 0.25) is 0 Å². The van der Waals surface area contributed by atoms with E-state index >= 15 is 0 Å². The molecular weight excluding hydrogens is 512 g/mol. The lowest BCUT2D eigenvalue weighted by Crippen LogP contribution is -2.38. The first-order valence-electron chi connectivity index (χ1n) is 12.8. The number of hydrogen-bond acceptors (Lipinski definition) is 7. The van der Waals surface area contributed by atoms with Crippen molar-refractivity contribution in [2.75, 3.05) is 19.0 Å². The smallest absolute Gasteiger partial charge is 0.407 e. The topological polar surface area (TPSA) is 164 Å². The number of benzene rings is 3. The highest BCUT2D eigenvalue weighted by atomic mass is 16.5. The summed E-state index contributed by atoms with van der Waals surface area (Å²) in [5.74, 6) is -0.459. The van der Waals surface area contributed by atoms with Crippen molar-refractivity contribution >= 4 is 34.9 Å². The monoisotopic (exact) mass is 544 g/mol. The fourth-order valence-electron chi connectivity index (χ4n) is 4.21. The average molecular weight is 545 g/mol. The van der Waals surface area contributed by atoms with Crippen molar-refractivity contribution in [2.24, 2.45) is 11.5 Å². The second-order valence-electron chi connectivity index (χ2n) is 9.13. The molecule has 1 aromatic heterocycles. The standard InChI is InChI=1S/C29H32N6O5/c1-39-24-17-21(26(31)36)16-23-25(24)35(14-8-13-32-29(38)40-18-20-11-6-3-7-12-20)28(33-23)34-27(37)22(30)15-19-9-4-2-5-10-19/h2-7,9-12,16-17,22H,8,13-15,18,30H2,1H3,(H2,31,36)(H,32,38)(H,33,34,37). The summed E-state index contributed by atoms with van der Waals surface area (Å²) in [6.07, 6.45) is 0.284. The molecule has 0 spiro atoms. The minimum absolute atomic E-state index is 0.164. The van der Waals surface area contributed by atoms with Gasteiger partial charge in [0.1, 0.15) is 17.9 Å². The lowest BCUT2D eigenvalue weighted by atomic mass is 10.1. The molecule has 1 heterocycles. The molecular formula is C29H32N6O5. The lowest BCUT2D eigenvalue weighted by molar-refractivity contribution is -0.117. The van der Waals surface area contributed by atoms with E-state index in [1.165, 1.54) is 19.2 Å². The van der Waals surface area contributed by atoms with Gasteiger partial charge in [-0.2, -0.15) is 0 Å². The maximum atomic E-state index is 13.0. The molecule has 4 rings (SSSR count). The van der Waals surface area contributed by atoms with Crippen LogP contribution in [0.3, 0.4) is 0 Å². The largest absolute Gasteiger partial charge is 0.494 e. The number of carbonyl (C=O) groups excluding carboxylic acids is 3. The molecule has 6 N–H and O–H groups in total. The Morgan fingerprint density at radius 2 is 1.68 bits per heavy atom. The number of anilines is 1. The van der Waals surface area contributed by atoms with Crippen molar-refractivity contribution in [3.05, 3.63) is 89.5 Å². The van der Waals surface area contributed by atoms with Crippen LogP contribution >= 0.6 is 0 Å². The minimum Gasteiger partial charge on any atom is -0.494 e. The maximum Gasteiger partial charge on any atom is 0.407 e. The zero-order chi connectivity index (χ0) is 28.5. The van der Waals surface area contributed by atoms with Crippen LogP contribution in [0.5, 0.6) is 5.75 Å². The van der Waals surface area contributed by atoms with Crippen LogP contribution in [0.1, 0.15) is 27.9 Å². The second kappa shape index (κ2) is 13.3. The zero-order valence-electron chi connectivity index (χ0n) is 22.1. The van der Waals surface area contributed by atoms with Crippen LogP contribution in [0.25, 0.3) is 11.0 Å². The van der Waals surface area contributed by atoms with Crippen molar-refractivity contribution in [1.82, 2.24) is 14.9 Å². The van der Waals surface area contributed by atoms with Gasteiger partial charge in [-0.05, 0) is 36.1 Å². The number of methoxy groups -OCH3 is 1. The van der Waals surface area contributed by atoms with E-state index in [-0.39, 0.29) is 18.1 Å². The van der Waals surface area contributed by atoms with Gasteiger partial charge < -0.3 is 30.8 Å². The highest BCUT2D eigenvalue weighted by Gasteiger charge is 2.22. The highest BCUT2D eigenvalue weighted by molar-refractivity contribution is 6.00. The molecule has 208 valence electrons. The van der Waals surface area contributed by atoms with E-state index in [9.17, 15) is 14.4 Å². The van der Waals surface area contributed by atoms with E-state index in [4.69, 9.17) is 20.9 Å². The van der Waals surface area contributed by atoms with Crippen LogP contribution in [0.4, 0.5) is 10.7 Å². The number of imidazole rings is 1. The van der Waals surface area contributed by atoms with Gasteiger partial charge in [0.05, 0.1) is 18.7 Å². The number of nitrogens with two attached hydrogens (primary N) is 2. The van der Waals surface area contributed by atoms with Gasteiger partial charge in [0.2, 0.25) is 17.8 Å². The number of primary amides is 1. The van der Waals surface area contributed by atoms with E-state index in [0.29, 0.717) is 42.7 Å². The molecule has 0 aliphatic rings. The molecule has 11 heteroatoms. The van der Waals surface area contributed by atoms with Crippen molar-refractivity contribution < 1.29 is 23.9 Å². The fourth-order valence-corrected chi connectivity index (χ4v) is 4.21. The molecule has 0 aliphatic heterocycles. The first-order chi connectivity index (χ1) is 19.4. The van der Waals surface area contributed by atoms with Crippen molar-refractivity contribution in [3.8, 4) is 5.75 Å². The molecule has 3 amide bonds. The molecule has 0 aliphatic carbocycles. The van der Waals surface area contributed by atoms with Crippen molar-refractivity contribution in [2.45, 2.75) is 32.0 Å². The van der Waals surface area contributed by atoms with Gasteiger partial charge in [0, 0.05) is 18.7 Å². The number of alkyl carbamates (subject to hydrolysis) is 1. The number of fused-ring (bicyclic) bond motifs is 1. The molecule has 0 radical (unpaired) electrons. The van der Waals surface area contributed by atoms with E-state index in [1.807, 2.05) is 60.7 Å². The predicted octanol–water partition coefficient (Wildman–Crippen LogP) is 2.97. The van der Waals surface area contributed by atoms with E-state index < -0.39 is 23.9 Å². The summed E-state index contributed by atoms with van der Waals surface area (Å²) in [6.45, 7) is 0.818. The maximum absolute atomic E-state index is 13.0. The molecule has 4 aromatic rings. The number of nitrogens with one attached hydrogen (secondary N) is 2. The Bertz CT molecular complexity index is 1470. The molecule has 0 saturated heterocycles. The average Bonchev–Trinajstić information content (AvgIpc) is 3.31. The predicted molar refractivity (Wildman–Crippen MR) is 151 cm³/mol. The summed E-state index contributed by atoms with van der Waals surface area (Å²) in [4.78, 5) is 41.6. The summed E-state index contributed by atoms with van der Waals surface area (Å²) >= 11 is 0. The molecule has 0 bridgehead atoms. The number of amides is 3. The number of carbonyl (C=O) groups is 3. The number of ether oxygens (including phenoxy) is 2. The molecule has 3 aromatic carbocycles. The van der Waals surface area contributed by atoms with Gasteiger partial charge in [-0.15, -0.1) is 0 Å². The Kier molecular flexibility index (Phi) is 9.31. The Morgan fingerprint density at radius 1 is 1.00 bits per heavy atom. The summed E-state index contributed by atoms with van der Waals surface area (Å²) < 4.78 is 12.5. The molecule has 0 saturated carbocycles. The molecule has 1 atom stereocenters. The van der Waals surface area contributed by atoms with Gasteiger partial charge in [0.25, 0.3) is 0 Å². The van der Waals surface area contributed by atoms with Gasteiger partial charge in [0.15, 0.2) is 0 Å². The third kappa shape index (κ3) is 7.14. The van der Waals surface area contributed by atoms with Crippen molar-refractivity contribution in [1.29, 1.82) is 0 Å². The Balaban J connectivity index is 1.48. The molecule has 11 nitrogen and oxygen atoms in total. The SMILES string of the molecule is COc1cc(C(N)=O)cc2nc(NC(=O)C(N)Cc3ccccc3)n(CCCNC(=O)OCc3ccccc3)c12. The third-order valence-corrected chi connectivity index (χ3v) is 6.22. The second-order valence-corrected chi connectivity index (χ2v) is 9.13. The first kappa shape index (κ1) is 28.1. The normalized spacial score (nSPS) is 11.6. The summed E-state index contributed by atoms with van der Waals surface area (Å²) in [7, 11) is 1.47. The van der Waals surface area contributed by atoms with Gasteiger partial charge in [-0.3, -0.25) is 14.9 Å². The molecule has 1 unspecified atom stereocenters. The Hall–Kier alpha value is -4.90. The number of aromatic nitrogens is 2. The first-order valence-corrected chi connectivity index (χ1v) is 12.8. The van der Waals surface area contributed by atoms with Crippen LogP contribution in [-0.2, 0) is 29.1 Å². The van der Waals surface area contributed by atoms with E-state index in [0.717, 1.165) is 11.1 Å². The van der Waals surface area contributed by atoms with E-state index in [2.05, 4.69) is 15.6 Å². The molecule has 40 heavy (non-hydrogen) atoms. The Morgan fingerprint density at radius 3 is 2.33 bits per heavy atom. The van der Waals surface area contributed by atoms with E-state index in [1.54, 1.807) is 4.57 Å².